The Kier molecular flexibility index (Phi) is 6.20. The van der Waals surface area contributed by atoms with Gasteiger partial charge in [-0.05, 0) is 41.8 Å². The average Bonchev–Trinajstić information content (AvgIpc) is 3.05. The molecule has 0 fully saturated rings. The van der Waals surface area contributed by atoms with E-state index in [1.54, 1.807) is 0 Å². The molecule has 1 heterocycles. The van der Waals surface area contributed by atoms with E-state index in [0.717, 1.165) is 18.7 Å². The number of rotatable bonds is 5. The van der Waals surface area contributed by atoms with Gasteiger partial charge in [0.05, 0.1) is 11.6 Å². The molecule has 0 radical (unpaired) electrons. The van der Waals surface area contributed by atoms with Crippen molar-refractivity contribution in [1.82, 2.24) is 9.88 Å². The molecule has 0 spiro atoms. The first-order valence-corrected chi connectivity index (χ1v) is 7.66. The molecular weight excluding hydrogens is 318 g/mol. The van der Waals surface area contributed by atoms with Gasteiger partial charge in [-0.25, -0.2) is 0 Å². The number of hydrogen-bond acceptors (Lipinski definition) is 2. The highest BCUT2D eigenvalue weighted by molar-refractivity contribution is 5.85. The summed E-state index contributed by atoms with van der Waals surface area (Å²) in [4.78, 5) is 5.59. The highest BCUT2D eigenvalue weighted by Crippen LogP contribution is 2.18. The zero-order chi connectivity index (χ0) is 16.1. The van der Waals surface area contributed by atoms with Crippen molar-refractivity contribution in [3.05, 3.63) is 77.5 Å². The summed E-state index contributed by atoms with van der Waals surface area (Å²) < 4.78 is 0. The van der Waals surface area contributed by atoms with E-state index in [1.807, 2.05) is 30.5 Å². The minimum Gasteiger partial charge on any atom is -0.361 e. The lowest BCUT2D eigenvalue weighted by Crippen LogP contribution is -2.17. The molecule has 0 bridgehead atoms. The fourth-order valence-corrected chi connectivity index (χ4v) is 2.67. The Morgan fingerprint density at radius 1 is 1.12 bits per heavy atom. The molecule has 1 aromatic heterocycles. The van der Waals surface area contributed by atoms with Gasteiger partial charge >= 0.3 is 0 Å². The lowest BCUT2D eigenvalue weighted by atomic mass is 10.1. The molecule has 3 aromatic rings. The van der Waals surface area contributed by atoms with Gasteiger partial charge in [-0.2, -0.15) is 5.26 Å². The van der Waals surface area contributed by atoms with Crippen molar-refractivity contribution in [2.75, 3.05) is 13.6 Å². The van der Waals surface area contributed by atoms with Crippen LogP contribution in [0.15, 0.2) is 60.8 Å². The summed E-state index contributed by atoms with van der Waals surface area (Å²) in [7, 11) is 2.12. The smallest absolute Gasteiger partial charge is 0.0991 e. The topological polar surface area (TPSA) is 42.8 Å². The SMILES string of the molecule is CN(C/C=C/c1ccc(C#N)cc1)Cc1cccc2cc[nH]c12.Cl. The molecule has 122 valence electrons. The van der Waals surface area contributed by atoms with Crippen LogP contribution in [0.2, 0.25) is 0 Å². The van der Waals surface area contributed by atoms with Gasteiger partial charge in [0.25, 0.3) is 0 Å². The molecule has 0 aliphatic rings. The maximum atomic E-state index is 8.80. The van der Waals surface area contributed by atoms with Gasteiger partial charge in [-0.3, -0.25) is 4.90 Å². The minimum atomic E-state index is 0. The zero-order valence-electron chi connectivity index (χ0n) is 13.6. The third-order valence-electron chi connectivity index (χ3n) is 3.88. The standard InChI is InChI=1S/C20H19N3.ClH/c1-23(13-3-4-16-7-9-17(14-21)10-8-16)15-19-6-2-5-18-11-12-22-20(18)19;/h2-12,22H,13,15H2,1H3;1H/b4-3+;. The van der Waals surface area contributed by atoms with Gasteiger partial charge in [0.15, 0.2) is 0 Å². The summed E-state index contributed by atoms with van der Waals surface area (Å²) in [6.45, 7) is 1.77. The molecule has 0 aliphatic heterocycles. The van der Waals surface area contributed by atoms with E-state index in [-0.39, 0.29) is 12.4 Å². The molecule has 0 unspecified atom stereocenters. The predicted octanol–water partition coefficient (Wildman–Crippen LogP) is 4.61. The third-order valence-corrected chi connectivity index (χ3v) is 3.88. The molecule has 0 saturated heterocycles. The molecule has 3 rings (SSSR count). The summed E-state index contributed by atoms with van der Waals surface area (Å²) in [6, 6.07) is 18.2. The van der Waals surface area contributed by atoms with E-state index in [4.69, 9.17) is 5.26 Å². The van der Waals surface area contributed by atoms with Gasteiger partial charge in [-0.1, -0.05) is 42.5 Å². The summed E-state index contributed by atoms with van der Waals surface area (Å²) in [5, 5.41) is 10.1. The second kappa shape index (κ2) is 8.35. The Morgan fingerprint density at radius 2 is 1.92 bits per heavy atom. The van der Waals surface area contributed by atoms with Crippen LogP contribution in [0.4, 0.5) is 0 Å². The van der Waals surface area contributed by atoms with Crippen molar-refractivity contribution in [3.8, 4) is 6.07 Å². The Morgan fingerprint density at radius 3 is 2.67 bits per heavy atom. The highest BCUT2D eigenvalue weighted by atomic mass is 35.5. The average molecular weight is 338 g/mol. The number of aromatic nitrogens is 1. The van der Waals surface area contributed by atoms with Crippen LogP contribution >= 0.6 is 12.4 Å². The maximum absolute atomic E-state index is 8.80. The molecule has 0 aliphatic carbocycles. The lowest BCUT2D eigenvalue weighted by molar-refractivity contribution is 0.365. The number of H-pyrrole nitrogens is 1. The zero-order valence-corrected chi connectivity index (χ0v) is 14.4. The molecule has 0 saturated carbocycles. The second-order valence-electron chi connectivity index (χ2n) is 5.69. The first-order valence-electron chi connectivity index (χ1n) is 7.66. The normalized spacial score (nSPS) is 10.9. The van der Waals surface area contributed by atoms with E-state index in [2.05, 4.69) is 59.4 Å². The number of nitriles is 1. The first kappa shape index (κ1) is 17.8. The van der Waals surface area contributed by atoms with Gasteiger partial charge in [0, 0.05) is 24.8 Å². The van der Waals surface area contributed by atoms with Crippen LogP contribution < -0.4 is 0 Å². The monoisotopic (exact) mass is 337 g/mol. The lowest BCUT2D eigenvalue weighted by Gasteiger charge is -2.15. The van der Waals surface area contributed by atoms with Gasteiger partial charge < -0.3 is 4.98 Å². The number of fused-ring (bicyclic) bond motifs is 1. The van der Waals surface area contributed by atoms with Gasteiger partial charge in [0.2, 0.25) is 0 Å². The first-order chi connectivity index (χ1) is 11.3. The molecule has 0 amide bonds. The Hall–Kier alpha value is -2.54. The Bertz CT molecular complexity index is 856. The van der Waals surface area contributed by atoms with Crippen molar-refractivity contribution in [1.29, 1.82) is 5.26 Å². The highest BCUT2D eigenvalue weighted by Gasteiger charge is 2.04. The summed E-state index contributed by atoms with van der Waals surface area (Å²) in [6.07, 6.45) is 6.22. The van der Waals surface area contributed by atoms with Gasteiger partial charge in [-0.15, -0.1) is 12.4 Å². The van der Waals surface area contributed by atoms with Crippen molar-refractivity contribution in [2.45, 2.75) is 6.54 Å². The van der Waals surface area contributed by atoms with E-state index >= 15 is 0 Å². The summed E-state index contributed by atoms with van der Waals surface area (Å²) >= 11 is 0. The largest absolute Gasteiger partial charge is 0.361 e. The second-order valence-corrected chi connectivity index (χ2v) is 5.69. The number of halogens is 1. The van der Waals surface area contributed by atoms with E-state index in [1.165, 1.54) is 16.5 Å². The minimum absolute atomic E-state index is 0. The molecular formula is C20H20ClN3. The molecule has 4 heteroatoms. The van der Waals surface area contributed by atoms with Crippen LogP contribution in [-0.2, 0) is 6.54 Å². The van der Waals surface area contributed by atoms with Crippen LogP contribution in [-0.4, -0.2) is 23.5 Å². The Labute approximate surface area is 148 Å². The number of nitrogens with zero attached hydrogens (tertiary/aromatic N) is 2. The van der Waals surface area contributed by atoms with Crippen LogP contribution in [0.3, 0.4) is 0 Å². The number of hydrogen-bond donors (Lipinski definition) is 1. The molecule has 1 N–H and O–H groups in total. The van der Waals surface area contributed by atoms with E-state index < -0.39 is 0 Å². The van der Waals surface area contributed by atoms with Crippen LogP contribution in [0.5, 0.6) is 0 Å². The summed E-state index contributed by atoms with van der Waals surface area (Å²) in [5.41, 5.74) is 4.33. The summed E-state index contributed by atoms with van der Waals surface area (Å²) in [5.74, 6) is 0. The van der Waals surface area contributed by atoms with Crippen LogP contribution in [0.25, 0.3) is 17.0 Å². The molecule has 24 heavy (non-hydrogen) atoms. The fraction of sp³-hybridized carbons (Fsp3) is 0.150. The number of aromatic amines is 1. The van der Waals surface area contributed by atoms with Crippen LogP contribution in [0, 0.1) is 11.3 Å². The molecule has 2 aromatic carbocycles. The third kappa shape index (κ3) is 4.26. The number of para-hydroxylation sites is 1. The predicted molar refractivity (Wildman–Crippen MR) is 102 cm³/mol. The number of nitrogens with one attached hydrogen (secondary N) is 1. The van der Waals surface area contributed by atoms with Crippen molar-refractivity contribution < 1.29 is 0 Å². The van der Waals surface area contributed by atoms with Crippen LogP contribution in [0.1, 0.15) is 16.7 Å². The molecule has 3 nitrogen and oxygen atoms in total. The fourth-order valence-electron chi connectivity index (χ4n) is 2.67. The van der Waals surface area contributed by atoms with Crippen molar-refractivity contribution in [3.63, 3.8) is 0 Å². The van der Waals surface area contributed by atoms with Crippen molar-refractivity contribution >= 4 is 29.4 Å². The van der Waals surface area contributed by atoms with Crippen molar-refractivity contribution in [2.24, 2.45) is 0 Å². The Balaban J connectivity index is 0.00000208. The molecule has 0 atom stereocenters. The van der Waals surface area contributed by atoms with E-state index in [9.17, 15) is 0 Å². The van der Waals surface area contributed by atoms with E-state index in [0.29, 0.717) is 5.56 Å². The quantitative estimate of drug-likeness (QED) is 0.739. The maximum Gasteiger partial charge on any atom is 0.0991 e. The number of likely N-dealkylation sites (N-methyl/N-ethyl adjacent to an activating group) is 1. The van der Waals surface area contributed by atoms with Gasteiger partial charge in [0.1, 0.15) is 0 Å². The number of benzene rings is 2.